The average Bonchev–Trinajstić information content (AvgIpc) is 2.87. The number of nitrogens with zero attached hydrogens (tertiary/aromatic N) is 3. The first-order valence-corrected chi connectivity index (χ1v) is 12.0. The number of ether oxygens (including phenoxy) is 1. The number of primary amides is 1. The Labute approximate surface area is 213 Å². The van der Waals surface area contributed by atoms with Crippen LogP contribution in [0.3, 0.4) is 0 Å². The van der Waals surface area contributed by atoms with Crippen molar-refractivity contribution in [3.05, 3.63) is 53.1 Å². The molecular weight excluding hydrogens is 487 g/mol. The van der Waals surface area contributed by atoms with Crippen molar-refractivity contribution >= 4 is 39.9 Å². The molecule has 0 saturated carbocycles. The predicted octanol–water partition coefficient (Wildman–Crippen LogP) is 3.17. The van der Waals surface area contributed by atoms with Crippen LogP contribution in [0, 0.1) is 11.2 Å². The minimum Gasteiger partial charge on any atom is -0.496 e. The highest BCUT2D eigenvalue weighted by Gasteiger charge is 2.40. The first kappa shape index (κ1) is 26.0. The summed E-state index contributed by atoms with van der Waals surface area (Å²) in [4.78, 5) is 22.6. The fraction of sp³-hybridized carbons (Fsp3) is 0.400. The molecule has 1 amide bonds. The maximum absolute atomic E-state index is 14.5. The van der Waals surface area contributed by atoms with E-state index in [0.29, 0.717) is 54.9 Å². The van der Waals surface area contributed by atoms with Gasteiger partial charge in [-0.2, -0.15) is 0 Å². The third kappa shape index (κ3) is 5.36. The zero-order chi connectivity index (χ0) is 25.9. The number of hydrogen-bond donors (Lipinski definition) is 4. The topological polar surface area (TPSA) is 126 Å². The van der Waals surface area contributed by atoms with Crippen LogP contribution in [-0.4, -0.2) is 59.4 Å². The zero-order valence-corrected chi connectivity index (χ0v) is 21.0. The highest BCUT2D eigenvalue weighted by molar-refractivity contribution is 6.31. The van der Waals surface area contributed by atoms with Gasteiger partial charge in [0.15, 0.2) is 5.82 Å². The molecule has 2 heterocycles. The van der Waals surface area contributed by atoms with Gasteiger partial charge in [0.25, 0.3) is 0 Å². The molecule has 9 nitrogen and oxygen atoms in total. The molecule has 1 atom stereocenters. The Bertz CT molecular complexity index is 1250. The fourth-order valence-corrected chi connectivity index (χ4v) is 4.78. The number of aromatic nitrogens is 2. The summed E-state index contributed by atoms with van der Waals surface area (Å²) in [5, 5.41) is 17.9. The molecule has 192 valence electrons. The van der Waals surface area contributed by atoms with E-state index < -0.39 is 17.5 Å². The lowest BCUT2D eigenvalue weighted by atomic mass is 9.75. The van der Waals surface area contributed by atoms with E-state index in [-0.39, 0.29) is 23.0 Å². The molecule has 2 aromatic carbocycles. The van der Waals surface area contributed by atoms with Gasteiger partial charge in [0, 0.05) is 30.0 Å². The normalized spacial score (nSPS) is 16.2. The molecule has 1 aromatic heterocycles. The summed E-state index contributed by atoms with van der Waals surface area (Å²) >= 11 is 5.92. The molecule has 4 rings (SSSR count). The van der Waals surface area contributed by atoms with Crippen molar-refractivity contribution in [3.8, 4) is 5.75 Å². The van der Waals surface area contributed by atoms with Gasteiger partial charge in [-0.05, 0) is 51.2 Å². The summed E-state index contributed by atoms with van der Waals surface area (Å²) in [6.45, 7) is 1.68. The van der Waals surface area contributed by atoms with E-state index in [0.717, 1.165) is 5.56 Å². The number of fused-ring (bicyclic) bond motifs is 1. The number of benzene rings is 2. The Morgan fingerprint density at radius 1 is 1.36 bits per heavy atom. The molecule has 11 heteroatoms. The molecule has 36 heavy (non-hydrogen) atoms. The van der Waals surface area contributed by atoms with Gasteiger partial charge >= 0.3 is 0 Å². The van der Waals surface area contributed by atoms with Crippen LogP contribution in [0.15, 0.2) is 36.7 Å². The Morgan fingerprint density at radius 3 is 2.81 bits per heavy atom. The number of nitrogens with one attached hydrogen (secondary N) is 2. The second-order valence-corrected chi connectivity index (χ2v) is 9.53. The SMILES string of the molecule is COc1cc2ncnc(Nc3cccc(Cl)c3F)c2cc1CN(C)C(O)CC1(C(N)=O)CCNCC1. The number of carbonyl (C=O) groups is 1. The van der Waals surface area contributed by atoms with E-state index >= 15 is 0 Å². The summed E-state index contributed by atoms with van der Waals surface area (Å²) in [6, 6.07) is 8.29. The maximum Gasteiger partial charge on any atom is 0.223 e. The van der Waals surface area contributed by atoms with Crippen LogP contribution in [0.1, 0.15) is 24.8 Å². The second-order valence-electron chi connectivity index (χ2n) is 9.12. The molecule has 0 aliphatic carbocycles. The molecule has 1 aliphatic heterocycles. The van der Waals surface area contributed by atoms with E-state index in [1.807, 2.05) is 6.07 Å². The van der Waals surface area contributed by atoms with Crippen molar-refractivity contribution in [1.82, 2.24) is 20.2 Å². The van der Waals surface area contributed by atoms with Gasteiger partial charge in [0.1, 0.15) is 24.1 Å². The van der Waals surface area contributed by atoms with E-state index in [4.69, 9.17) is 22.1 Å². The van der Waals surface area contributed by atoms with Gasteiger partial charge in [-0.3, -0.25) is 9.69 Å². The monoisotopic (exact) mass is 516 g/mol. The average molecular weight is 517 g/mol. The Kier molecular flexibility index (Phi) is 7.89. The van der Waals surface area contributed by atoms with Crippen LogP contribution in [0.25, 0.3) is 10.9 Å². The predicted molar refractivity (Wildman–Crippen MR) is 137 cm³/mol. The quantitative estimate of drug-likeness (QED) is 0.319. The molecule has 0 bridgehead atoms. The fourth-order valence-electron chi connectivity index (χ4n) is 4.61. The van der Waals surface area contributed by atoms with Crippen LogP contribution in [0.5, 0.6) is 5.75 Å². The first-order chi connectivity index (χ1) is 17.2. The smallest absolute Gasteiger partial charge is 0.223 e. The number of aliphatic hydroxyl groups is 1. The summed E-state index contributed by atoms with van der Waals surface area (Å²) in [6.07, 6.45) is 1.88. The number of aliphatic hydroxyl groups excluding tert-OH is 1. The van der Waals surface area contributed by atoms with E-state index in [2.05, 4.69) is 20.6 Å². The van der Waals surface area contributed by atoms with E-state index in [9.17, 15) is 14.3 Å². The van der Waals surface area contributed by atoms with Crippen LogP contribution >= 0.6 is 11.6 Å². The van der Waals surface area contributed by atoms with Crippen LogP contribution < -0.4 is 21.1 Å². The zero-order valence-electron chi connectivity index (χ0n) is 20.2. The number of methoxy groups -OCH3 is 1. The van der Waals surface area contributed by atoms with Crippen LogP contribution in [-0.2, 0) is 11.3 Å². The lowest BCUT2D eigenvalue weighted by Gasteiger charge is -2.38. The van der Waals surface area contributed by atoms with E-state index in [1.165, 1.54) is 12.4 Å². The van der Waals surface area contributed by atoms with Crippen LogP contribution in [0.2, 0.25) is 5.02 Å². The molecule has 5 N–H and O–H groups in total. The number of halogens is 2. The van der Waals surface area contributed by atoms with Gasteiger partial charge in [0.2, 0.25) is 5.91 Å². The Morgan fingerprint density at radius 2 is 2.11 bits per heavy atom. The Balaban J connectivity index is 1.61. The van der Waals surface area contributed by atoms with Crippen molar-refractivity contribution in [2.24, 2.45) is 11.1 Å². The molecule has 1 saturated heterocycles. The third-order valence-electron chi connectivity index (χ3n) is 6.83. The number of piperidine rings is 1. The molecule has 1 unspecified atom stereocenters. The lowest BCUT2D eigenvalue weighted by Crippen LogP contribution is -2.49. The summed E-state index contributed by atoms with van der Waals surface area (Å²) in [7, 11) is 3.33. The number of hydrogen-bond acceptors (Lipinski definition) is 8. The van der Waals surface area contributed by atoms with Crippen molar-refractivity contribution in [2.45, 2.75) is 32.0 Å². The van der Waals surface area contributed by atoms with Gasteiger partial charge < -0.3 is 26.2 Å². The van der Waals surface area contributed by atoms with Gasteiger partial charge in [-0.15, -0.1) is 0 Å². The first-order valence-electron chi connectivity index (χ1n) is 11.7. The van der Waals surface area contributed by atoms with Crippen LogP contribution in [0.4, 0.5) is 15.9 Å². The molecule has 1 fully saturated rings. The molecule has 1 aliphatic rings. The van der Waals surface area contributed by atoms with E-state index in [1.54, 1.807) is 37.3 Å². The molecule has 0 radical (unpaired) electrons. The number of anilines is 2. The molecule has 0 spiro atoms. The number of carbonyl (C=O) groups excluding carboxylic acids is 1. The summed E-state index contributed by atoms with van der Waals surface area (Å²) in [5.74, 6) is 0.00642. The number of amides is 1. The Hall–Kier alpha value is -3.05. The lowest BCUT2D eigenvalue weighted by molar-refractivity contribution is -0.134. The maximum atomic E-state index is 14.5. The number of rotatable bonds is 9. The van der Waals surface area contributed by atoms with Crippen molar-refractivity contribution in [3.63, 3.8) is 0 Å². The highest BCUT2D eigenvalue weighted by atomic mass is 35.5. The van der Waals surface area contributed by atoms with Crippen molar-refractivity contribution in [2.75, 3.05) is 32.6 Å². The highest BCUT2D eigenvalue weighted by Crippen LogP contribution is 2.36. The van der Waals surface area contributed by atoms with Crippen molar-refractivity contribution < 1.29 is 19.0 Å². The minimum atomic E-state index is -0.902. The number of nitrogens with two attached hydrogens (primary N) is 1. The second kappa shape index (κ2) is 10.9. The standard InChI is InChI=1S/C25H30ClFN6O3/c1-33(21(34)12-25(24(28)35)6-8-29-9-7-25)13-15-10-16-19(11-20(15)36-2)30-14-31-23(16)32-18-5-3-4-17(26)22(18)27/h3-5,10-11,14,21,29,34H,6-9,12-13H2,1-2H3,(H2,28,35)(H,30,31,32). The summed E-state index contributed by atoms with van der Waals surface area (Å²) in [5.41, 5.74) is 6.53. The van der Waals surface area contributed by atoms with Gasteiger partial charge in [0.05, 0.1) is 28.8 Å². The minimum absolute atomic E-state index is 0.00110. The van der Waals surface area contributed by atoms with Gasteiger partial charge in [-0.1, -0.05) is 17.7 Å². The molecular formula is C25H30ClFN6O3. The third-order valence-corrected chi connectivity index (χ3v) is 7.12. The molecule has 3 aromatic rings. The van der Waals surface area contributed by atoms with Crippen molar-refractivity contribution in [1.29, 1.82) is 0 Å². The summed E-state index contributed by atoms with van der Waals surface area (Å²) < 4.78 is 20.1. The largest absolute Gasteiger partial charge is 0.496 e. The van der Waals surface area contributed by atoms with Gasteiger partial charge in [-0.25, -0.2) is 14.4 Å².